The van der Waals surface area contributed by atoms with Gasteiger partial charge >= 0.3 is 5.97 Å². The summed E-state index contributed by atoms with van der Waals surface area (Å²) in [5.41, 5.74) is 5.77. The van der Waals surface area contributed by atoms with Gasteiger partial charge in [0.2, 0.25) is 0 Å². The number of hydrogen-bond acceptors (Lipinski definition) is 4. The van der Waals surface area contributed by atoms with Crippen LogP contribution >= 0.6 is 0 Å². The van der Waals surface area contributed by atoms with Crippen molar-refractivity contribution in [2.24, 2.45) is 0 Å². The number of carbonyl (C=O) groups is 3. The number of imide groups is 1. The fourth-order valence-electron chi connectivity index (χ4n) is 4.90. The Morgan fingerprint density at radius 3 is 1.92 bits per heavy atom. The Bertz CT molecular complexity index is 1430. The van der Waals surface area contributed by atoms with Crippen molar-refractivity contribution in [3.05, 3.63) is 130 Å². The largest absolute Gasteiger partial charge is 0.468 e. The van der Waals surface area contributed by atoms with Crippen LogP contribution in [0.5, 0.6) is 0 Å². The minimum absolute atomic E-state index is 0.0342. The molecule has 0 saturated heterocycles. The second-order valence-corrected chi connectivity index (χ2v) is 8.86. The third kappa shape index (κ3) is 4.09. The summed E-state index contributed by atoms with van der Waals surface area (Å²) in [7, 11) is 1.37. The second-order valence-electron chi connectivity index (χ2n) is 8.86. The van der Waals surface area contributed by atoms with Crippen LogP contribution in [0.2, 0.25) is 0 Å². The minimum atomic E-state index is -0.719. The van der Waals surface area contributed by atoms with Gasteiger partial charge in [-0.25, -0.2) is 0 Å². The first-order valence-corrected chi connectivity index (χ1v) is 11.8. The number of benzene rings is 4. The third-order valence-corrected chi connectivity index (χ3v) is 6.59. The first-order valence-electron chi connectivity index (χ1n) is 11.8. The molecule has 5 rings (SSSR count). The normalized spacial score (nSPS) is 13.4. The quantitative estimate of drug-likeness (QED) is 0.263. The van der Waals surface area contributed by atoms with Gasteiger partial charge in [-0.15, -0.1) is 0 Å². The van der Waals surface area contributed by atoms with Gasteiger partial charge in [-0.05, 0) is 46.9 Å². The van der Waals surface area contributed by atoms with E-state index in [4.69, 9.17) is 4.74 Å². The van der Waals surface area contributed by atoms with Crippen molar-refractivity contribution in [2.45, 2.75) is 19.4 Å². The van der Waals surface area contributed by atoms with Gasteiger partial charge in [0.25, 0.3) is 11.8 Å². The number of carbonyl (C=O) groups excluding carboxylic acids is 3. The summed E-state index contributed by atoms with van der Waals surface area (Å²) < 4.78 is 5.24. The van der Waals surface area contributed by atoms with Crippen LogP contribution < -0.4 is 0 Å². The van der Waals surface area contributed by atoms with Gasteiger partial charge in [-0.2, -0.15) is 0 Å². The van der Waals surface area contributed by atoms with Crippen LogP contribution in [0.3, 0.4) is 0 Å². The number of hydrogen-bond donors (Lipinski definition) is 0. The molecule has 0 radical (unpaired) electrons. The standard InChI is InChI=1S/C31H25NO4/c1-20-17-25(21-11-5-3-6-12-21)27(19-32-29(33)23-15-9-10-16-24(23)30(32)34)26(18-20)28(31(35)36-2)22-13-7-4-8-14-22/h3-18,28H,19H2,1-2H3. The van der Waals surface area contributed by atoms with E-state index in [1.54, 1.807) is 24.3 Å². The minimum Gasteiger partial charge on any atom is -0.468 e. The fourth-order valence-corrected chi connectivity index (χ4v) is 4.90. The van der Waals surface area contributed by atoms with E-state index in [-0.39, 0.29) is 18.4 Å². The van der Waals surface area contributed by atoms with E-state index in [0.29, 0.717) is 16.7 Å². The molecule has 4 aromatic carbocycles. The highest BCUT2D eigenvalue weighted by atomic mass is 16.5. The van der Waals surface area contributed by atoms with E-state index in [2.05, 4.69) is 0 Å². The maximum atomic E-state index is 13.3. The first kappa shape index (κ1) is 23.2. The highest BCUT2D eigenvalue weighted by molar-refractivity contribution is 6.21. The number of methoxy groups -OCH3 is 1. The molecule has 0 fully saturated rings. The monoisotopic (exact) mass is 475 g/mol. The number of amides is 2. The molecule has 1 atom stereocenters. The van der Waals surface area contributed by atoms with Crippen LogP contribution in [0.1, 0.15) is 48.9 Å². The molecule has 178 valence electrons. The molecule has 36 heavy (non-hydrogen) atoms. The van der Waals surface area contributed by atoms with E-state index in [1.165, 1.54) is 12.0 Å². The Morgan fingerprint density at radius 1 is 0.778 bits per heavy atom. The van der Waals surface area contributed by atoms with Crippen molar-refractivity contribution < 1.29 is 19.1 Å². The van der Waals surface area contributed by atoms with Crippen LogP contribution in [0, 0.1) is 6.92 Å². The first-order chi connectivity index (χ1) is 17.5. The molecule has 2 amide bonds. The predicted molar refractivity (Wildman–Crippen MR) is 138 cm³/mol. The van der Waals surface area contributed by atoms with Gasteiger partial charge in [0.1, 0.15) is 5.92 Å². The summed E-state index contributed by atoms with van der Waals surface area (Å²) in [4.78, 5) is 41.0. The van der Waals surface area contributed by atoms with Crippen molar-refractivity contribution in [3.8, 4) is 11.1 Å². The third-order valence-electron chi connectivity index (χ3n) is 6.59. The number of fused-ring (bicyclic) bond motifs is 1. The van der Waals surface area contributed by atoms with Crippen LogP contribution in [0.4, 0.5) is 0 Å². The van der Waals surface area contributed by atoms with E-state index in [9.17, 15) is 14.4 Å². The predicted octanol–water partition coefficient (Wildman–Crippen LogP) is 5.76. The van der Waals surface area contributed by atoms with Crippen molar-refractivity contribution in [1.82, 2.24) is 4.90 Å². The highest BCUT2D eigenvalue weighted by Gasteiger charge is 2.37. The van der Waals surface area contributed by atoms with Crippen LogP contribution in [-0.2, 0) is 16.1 Å². The van der Waals surface area contributed by atoms with Gasteiger partial charge in [-0.1, -0.05) is 90.5 Å². The fraction of sp³-hybridized carbons (Fsp3) is 0.129. The topological polar surface area (TPSA) is 63.7 Å². The van der Waals surface area contributed by atoms with Gasteiger partial charge in [-0.3, -0.25) is 19.3 Å². The summed E-state index contributed by atoms with van der Waals surface area (Å²) in [6.07, 6.45) is 0. The number of nitrogens with zero attached hydrogens (tertiary/aromatic N) is 1. The molecule has 0 aromatic heterocycles. The number of rotatable bonds is 6. The molecule has 1 aliphatic rings. The summed E-state index contributed by atoms with van der Waals surface area (Å²) in [6, 6.07) is 30.1. The Labute approximate surface area is 210 Å². The Morgan fingerprint density at radius 2 is 1.33 bits per heavy atom. The number of esters is 1. The smallest absolute Gasteiger partial charge is 0.317 e. The molecule has 1 heterocycles. The van der Waals surface area contributed by atoms with Gasteiger partial charge < -0.3 is 4.74 Å². The molecule has 1 aliphatic heterocycles. The lowest BCUT2D eigenvalue weighted by molar-refractivity contribution is -0.141. The Hall–Kier alpha value is -4.51. The number of aryl methyl sites for hydroxylation is 1. The van der Waals surface area contributed by atoms with E-state index < -0.39 is 11.9 Å². The molecule has 0 spiro atoms. The lowest BCUT2D eigenvalue weighted by Gasteiger charge is -2.25. The van der Waals surface area contributed by atoms with Gasteiger partial charge in [0, 0.05) is 0 Å². The lowest BCUT2D eigenvalue weighted by Crippen LogP contribution is -2.30. The zero-order valence-corrected chi connectivity index (χ0v) is 20.1. The van der Waals surface area contributed by atoms with Crippen molar-refractivity contribution >= 4 is 17.8 Å². The molecular formula is C31H25NO4. The zero-order chi connectivity index (χ0) is 25.2. The summed E-state index contributed by atoms with van der Waals surface area (Å²) in [6.45, 7) is 2.01. The molecule has 0 bridgehead atoms. The van der Waals surface area contributed by atoms with Crippen molar-refractivity contribution in [1.29, 1.82) is 0 Å². The van der Waals surface area contributed by atoms with Gasteiger partial charge in [0.15, 0.2) is 0 Å². The van der Waals surface area contributed by atoms with E-state index >= 15 is 0 Å². The highest BCUT2D eigenvalue weighted by Crippen LogP contribution is 2.38. The molecule has 5 heteroatoms. The maximum Gasteiger partial charge on any atom is 0.317 e. The summed E-state index contributed by atoms with van der Waals surface area (Å²) in [5.74, 6) is -1.80. The number of ether oxygens (including phenoxy) is 1. The lowest BCUT2D eigenvalue weighted by atomic mass is 9.83. The van der Waals surface area contributed by atoms with Crippen molar-refractivity contribution in [2.75, 3.05) is 7.11 Å². The van der Waals surface area contributed by atoms with E-state index in [0.717, 1.165) is 27.8 Å². The molecular weight excluding hydrogens is 450 g/mol. The summed E-state index contributed by atoms with van der Waals surface area (Å²) >= 11 is 0. The molecule has 0 aliphatic carbocycles. The molecule has 1 unspecified atom stereocenters. The molecule has 5 nitrogen and oxygen atoms in total. The van der Waals surface area contributed by atoms with E-state index in [1.807, 2.05) is 79.7 Å². The average Bonchev–Trinajstić information content (AvgIpc) is 3.15. The summed E-state index contributed by atoms with van der Waals surface area (Å²) in [5, 5.41) is 0. The molecule has 4 aromatic rings. The van der Waals surface area contributed by atoms with Crippen LogP contribution in [-0.4, -0.2) is 29.8 Å². The van der Waals surface area contributed by atoms with Gasteiger partial charge in [0.05, 0.1) is 24.8 Å². The Kier molecular flexibility index (Phi) is 6.21. The molecule has 0 saturated carbocycles. The molecule has 0 N–H and O–H groups in total. The Balaban J connectivity index is 1.72. The van der Waals surface area contributed by atoms with Crippen LogP contribution in [0.15, 0.2) is 97.1 Å². The second kappa shape index (κ2) is 9.62. The maximum absolute atomic E-state index is 13.3. The average molecular weight is 476 g/mol. The van der Waals surface area contributed by atoms with Crippen molar-refractivity contribution in [3.63, 3.8) is 0 Å². The zero-order valence-electron chi connectivity index (χ0n) is 20.1. The van der Waals surface area contributed by atoms with Crippen LogP contribution in [0.25, 0.3) is 11.1 Å². The SMILES string of the molecule is COC(=O)C(c1ccccc1)c1cc(C)cc(-c2ccccc2)c1CN1C(=O)c2ccccc2C1=O.